The van der Waals surface area contributed by atoms with Gasteiger partial charge in [-0.3, -0.25) is 19.0 Å². The Morgan fingerprint density at radius 1 is 1.19 bits per heavy atom. The highest BCUT2D eigenvalue weighted by atomic mass is 32.2. The fourth-order valence-corrected chi connectivity index (χ4v) is 6.01. The predicted octanol–water partition coefficient (Wildman–Crippen LogP) is 5.53. The number of amides is 1. The zero-order valence-corrected chi connectivity index (χ0v) is 20.2. The molecule has 0 spiro atoms. The van der Waals surface area contributed by atoms with Crippen molar-refractivity contribution in [3.05, 3.63) is 63.1 Å². The first-order valence-electron chi connectivity index (χ1n) is 10.0. The van der Waals surface area contributed by atoms with Crippen LogP contribution in [-0.2, 0) is 11.3 Å². The van der Waals surface area contributed by atoms with E-state index >= 15 is 0 Å². The number of carbonyl (C=O) groups is 2. The first-order valence-corrected chi connectivity index (χ1v) is 12.7. The molecule has 1 aromatic carbocycles. The maximum absolute atomic E-state index is 13.3. The van der Waals surface area contributed by atoms with Gasteiger partial charge in [-0.25, -0.2) is 4.98 Å². The van der Waals surface area contributed by atoms with Gasteiger partial charge in [0.1, 0.15) is 4.83 Å². The van der Waals surface area contributed by atoms with E-state index in [4.69, 9.17) is 4.98 Å². The third-order valence-electron chi connectivity index (χ3n) is 4.97. The van der Waals surface area contributed by atoms with Crippen LogP contribution in [0.5, 0.6) is 0 Å². The lowest BCUT2D eigenvalue weighted by molar-refractivity contribution is -0.115. The lowest BCUT2D eigenvalue weighted by Crippen LogP contribution is -2.26. The van der Waals surface area contributed by atoms with E-state index in [1.807, 2.05) is 29.8 Å². The van der Waals surface area contributed by atoms with Gasteiger partial charge in [-0.2, -0.15) is 0 Å². The Hall–Kier alpha value is -2.75. The highest BCUT2D eigenvalue weighted by Gasteiger charge is 2.21. The van der Waals surface area contributed by atoms with Gasteiger partial charge >= 0.3 is 0 Å². The van der Waals surface area contributed by atoms with E-state index in [0.29, 0.717) is 33.2 Å². The first-order chi connectivity index (χ1) is 15.4. The number of carbonyl (C=O) groups excluding carboxylic acids is 2. The van der Waals surface area contributed by atoms with Crippen LogP contribution in [0.2, 0.25) is 0 Å². The molecule has 32 heavy (non-hydrogen) atoms. The van der Waals surface area contributed by atoms with Crippen molar-refractivity contribution in [2.24, 2.45) is 0 Å². The second-order valence-electron chi connectivity index (χ2n) is 7.13. The third-order valence-corrected chi connectivity index (χ3v) is 7.84. The van der Waals surface area contributed by atoms with Crippen LogP contribution in [0.4, 0.5) is 5.69 Å². The molecule has 6 nitrogen and oxygen atoms in total. The number of aromatic nitrogens is 2. The van der Waals surface area contributed by atoms with Crippen LogP contribution in [0.3, 0.4) is 0 Å². The van der Waals surface area contributed by atoms with E-state index in [1.54, 1.807) is 47.1 Å². The van der Waals surface area contributed by atoms with Crippen molar-refractivity contribution in [3.63, 3.8) is 0 Å². The van der Waals surface area contributed by atoms with E-state index in [1.165, 1.54) is 30.0 Å². The Morgan fingerprint density at radius 3 is 2.56 bits per heavy atom. The lowest BCUT2D eigenvalue weighted by atomic mass is 10.1. The molecule has 3 heterocycles. The lowest BCUT2D eigenvalue weighted by Gasteiger charge is -2.15. The number of thiophene rings is 2. The number of rotatable bonds is 7. The van der Waals surface area contributed by atoms with Gasteiger partial charge in [0, 0.05) is 33.6 Å². The number of anilines is 1. The molecule has 0 saturated carbocycles. The van der Waals surface area contributed by atoms with Crippen molar-refractivity contribution >= 4 is 62.0 Å². The molecule has 9 heteroatoms. The Balaban J connectivity index is 1.58. The Kier molecular flexibility index (Phi) is 6.59. The van der Waals surface area contributed by atoms with Crippen molar-refractivity contribution in [2.75, 3.05) is 5.32 Å². The van der Waals surface area contributed by atoms with Gasteiger partial charge in [0.2, 0.25) is 5.91 Å². The summed E-state index contributed by atoms with van der Waals surface area (Å²) in [6.07, 6.45) is 0. The average molecular weight is 484 g/mol. The van der Waals surface area contributed by atoms with E-state index in [0.717, 1.165) is 10.4 Å². The molecule has 0 aliphatic carbocycles. The number of Topliss-reactive ketones (excluding diaryl/α,β-unsaturated/α-hetero) is 1. The fourth-order valence-electron chi connectivity index (χ4n) is 3.23. The van der Waals surface area contributed by atoms with E-state index < -0.39 is 5.25 Å². The minimum atomic E-state index is -0.471. The molecule has 1 atom stereocenters. The Morgan fingerprint density at radius 2 is 1.94 bits per heavy atom. The maximum Gasteiger partial charge on any atom is 0.263 e. The molecular weight excluding hydrogens is 462 g/mol. The standard InChI is InChI=1S/C23H21N3O3S3/c1-4-26-22(29)19-17(18-6-5-11-30-18)12-31-21(19)25-23(26)32-14(3)20(28)24-16-9-7-15(8-10-16)13(2)27/h5-12,14H,4H2,1-3H3,(H,24,28). The molecule has 0 fully saturated rings. The zero-order valence-electron chi connectivity index (χ0n) is 17.7. The van der Waals surface area contributed by atoms with Gasteiger partial charge in [0.25, 0.3) is 5.56 Å². The van der Waals surface area contributed by atoms with E-state index in [9.17, 15) is 14.4 Å². The SMILES string of the molecule is CCn1c(SC(C)C(=O)Nc2ccc(C(C)=O)cc2)nc2scc(-c3cccs3)c2c1=O. The van der Waals surface area contributed by atoms with Crippen LogP contribution in [0.25, 0.3) is 20.7 Å². The van der Waals surface area contributed by atoms with Crippen molar-refractivity contribution in [1.29, 1.82) is 0 Å². The highest BCUT2D eigenvalue weighted by molar-refractivity contribution is 8.00. The van der Waals surface area contributed by atoms with Crippen molar-refractivity contribution in [2.45, 2.75) is 37.7 Å². The molecule has 0 bridgehead atoms. The summed E-state index contributed by atoms with van der Waals surface area (Å²) in [6.45, 7) is 5.65. The molecule has 1 unspecified atom stereocenters. The van der Waals surface area contributed by atoms with Gasteiger partial charge in [-0.05, 0) is 56.5 Å². The smallest absolute Gasteiger partial charge is 0.263 e. The van der Waals surface area contributed by atoms with E-state index in [2.05, 4.69) is 5.32 Å². The van der Waals surface area contributed by atoms with Crippen LogP contribution in [-0.4, -0.2) is 26.5 Å². The summed E-state index contributed by atoms with van der Waals surface area (Å²) in [4.78, 5) is 43.9. The summed E-state index contributed by atoms with van der Waals surface area (Å²) < 4.78 is 1.63. The van der Waals surface area contributed by atoms with Gasteiger partial charge in [-0.1, -0.05) is 17.8 Å². The number of fused-ring (bicyclic) bond motifs is 1. The number of benzene rings is 1. The van der Waals surface area contributed by atoms with Gasteiger partial charge in [0.05, 0.1) is 10.6 Å². The number of nitrogens with one attached hydrogen (secondary N) is 1. The molecule has 164 valence electrons. The van der Waals surface area contributed by atoms with Crippen LogP contribution in [0.1, 0.15) is 31.1 Å². The molecule has 0 radical (unpaired) electrons. The summed E-state index contributed by atoms with van der Waals surface area (Å²) in [6, 6.07) is 10.7. The Labute approximate surface area is 197 Å². The van der Waals surface area contributed by atoms with Crippen LogP contribution >= 0.6 is 34.4 Å². The summed E-state index contributed by atoms with van der Waals surface area (Å²) in [5.41, 5.74) is 2.03. The summed E-state index contributed by atoms with van der Waals surface area (Å²) >= 11 is 4.30. The second kappa shape index (κ2) is 9.40. The number of nitrogens with zero attached hydrogens (tertiary/aromatic N) is 2. The van der Waals surface area contributed by atoms with Gasteiger partial charge in [-0.15, -0.1) is 22.7 Å². The molecule has 3 aromatic heterocycles. The molecule has 0 aliphatic rings. The molecular formula is C23H21N3O3S3. The normalized spacial score (nSPS) is 12.1. The maximum atomic E-state index is 13.3. The predicted molar refractivity (Wildman–Crippen MR) is 133 cm³/mol. The minimum Gasteiger partial charge on any atom is -0.325 e. The van der Waals surface area contributed by atoms with Crippen molar-refractivity contribution < 1.29 is 9.59 Å². The molecule has 1 N–H and O–H groups in total. The summed E-state index contributed by atoms with van der Waals surface area (Å²) in [5.74, 6) is -0.227. The third kappa shape index (κ3) is 4.41. The topological polar surface area (TPSA) is 81.1 Å². The summed E-state index contributed by atoms with van der Waals surface area (Å²) in [5, 5.41) is 7.51. The summed E-state index contributed by atoms with van der Waals surface area (Å²) in [7, 11) is 0. The van der Waals surface area contributed by atoms with Crippen LogP contribution in [0, 0.1) is 0 Å². The molecule has 4 rings (SSSR count). The minimum absolute atomic E-state index is 0.0263. The number of ketones is 1. The average Bonchev–Trinajstić information content (AvgIpc) is 3.44. The highest BCUT2D eigenvalue weighted by Crippen LogP contribution is 2.35. The monoisotopic (exact) mass is 483 g/mol. The van der Waals surface area contributed by atoms with Crippen LogP contribution in [0.15, 0.2) is 57.1 Å². The number of thioether (sulfide) groups is 1. The Bertz CT molecular complexity index is 1340. The number of hydrogen-bond acceptors (Lipinski definition) is 7. The largest absolute Gasteiger partial charge is 0.325 e. The molecule has 4 aromatic rings. The molecule has 0 saturated heterocycles. The fraction of sp³-hybridized carbons (Fsp3) is 0.217. The molecule has 0 aliphatic heterocycles. The van der Waals surface area contributed by atoms with Crippen molar-refractivity contribution in [3.8, 4) is 10.4 Å². The second-order valence-corrected chi connectivity index (χ2v) is 10.2. The van der Waals surface area contributed by atoms with Crippen LogP contribution < -0.4 is 10.9 Å². The molecule has 1 amide bonds. The number of hydrogen-bond donors (Lipinski definition) is 1. The quantitative estimate of drug-likeness (QED) is 0.212. The first kappa shape index (κ1) is 22.4. The zero-order chi connectivity index (χ0) is 22.8. The van der Waals surface area contributed by atoms with E-state index in [-0.39, 0.29) is 17.2 Å². The van der Waals surface area contributed by atoms with Crippen molar-refractivity contribution in [1.82, 2.24) is 9.55 Å². The van der Waals surface area contributed by atoms with Gasteiger partial charge < -0.3 is 5.32 Å². The van der Waals surface area contributed by atoms with Gasteiger partial charge in [0.15, 0.2) is 10.9 Å².